The first-order valence-electron chi connectivity index (χ1n) is 9.08. The quantitative estimate of drug-likeness (QED) is 0.148. The molecule has 11 heteroatoms. The zero-order valence-corrected chi connectivity index (χ0v) is 15.9. The number of hydrogen-bond donors (Lipinski definition) is 7. The normalized spacial score (nSPS) is 11.4. The van der Waals surface area contributed by atoms with Crippen LogP contribution in [0.4, 0.5) is 0 Å². The van der Waals surface area contributed by atoms with Gasteiger partial charge in [0.1, 0.15) is 6.04 Å². The molecule has 0 aromatic carbocycles. The highest BCUT2D eigenvalue weighted by molar-refractivity contribution is 5.83. The van der Waals surface area contributed by atoms with E-state index in [9.17, 15) is 14.4 Å². The summed E-state index contributed by atoms with van der Waals surface area (Å²) >= 11 is 0. The van der Waals surface area contributed by atoms with Crippen molar-refractivity contribution in [1.29, 1.82) is 0 Å². The SMILES string of the molecule is NCCCC[C@H](NC(=O)CCN)C(=O)O.NCCCN(CCN)CC(=O)O. The fourth-order valence-electron chi connectivity index (χ4n) is 2.11. The molecular weight excluding hydrogens is 356 g/mol. The van der Waals surface area contributed by atoms with Gasteiger partial charge in [-0.15, -0.1) is 0 Å². The molecule has 0 unspecified atom stereocenters. The molecule has 0 bridgehead atoms. The van der Waals surface area contributed by atoms with Crippen LogP contribution in [-0.2, 0) is 14.4 Å². The van der Waals surface area contributed by atoms with Crippen molar-refractivity contribution < 1.29 is 24.6 Å². The molecule has 0 radical (unpaired) electrons. The summed E-state index contributed by atoms with van der Waals surface area (Å²) in [6.45, 7) is 3.20. The van der Waals surface area contributed by atoms with E-state index in [4.69, 9.17) is 33.1 Å². The highest BCUT2D eigenvalue weighted by Gasteiger charge is 2.18. The van der Waals surface area contributed by atoms with Gasteiger partial charge in [-0.1, -0.05) is 0 Å². The summed E-state index contributed by atoms with van der Waals surface area (Å²) in [4.78, 5) is 34.0. The lowest BCUT2D eigenvalue weighted by Crippen LogP contribution is -2.41. The number of nitrogens with two attached hydrogens (primary N) is 4. The van der Waals surface area contributed by atoms with Gasteiger partial charge in [0.25, 0.3) is 0 Å². The smallest absolute Gasteiger partial charge is 0.326 e. The second kappa shape index (κ2) is 19.0. The van der Waals surface area contributed by atoms with Crippen LogP contribution >= 0.6 is 0 Å². The molecule has 0 spiro atoms. The maximum atomic E-state index is 11.1. The second-order valence-corrected chi connectivity index (χ2v) is 5.88. The van der Waals surface area contributed by atoms with Crippen molar-refractivity contribution in [3.63, 3.8) is 0 Å². The maximum absolute atomic E-state index is 11.1. The lowest BCUT2D eigenvalue weighted by molar-refractivity contribution is -0.142. The van der Waals surface area contributed by atoms with Crippen LogP contribution in [0.25, 0.3) is 0 Å². The Bertz CT molecular complexity index is 411. The van der Waals surface area contributed by atoms with Gasteiger partial charge in [-0.3, -0.25) is 14.5 Å². The van der Waals surface area contributed by atoms with E-state index >= 15 is 0 Å². The second-order valence-electron chi connectivity index (χ2n) is 5.88. The predicted octanol–water partition coefficient (Wildman–Crippen LogP) is -2.29. The van der Waals surface area contributed by atoms with Crippen LogP contribution < -0.4 is 28.3 Å². The van der Waals surface area contributed by atoms with Gasteiger partial charge in [0.2, 0.25) is 5.91 Å². The van der Waals surface area contributed by atoms with E-state index in [1.165, 1.54) is 0 Å². The Morgan fingerprint density at radius 3 is 1.93 bits per heavy atom. The van der Waals surface area contributed by atoms with Gasteiger partial charge < -0.3 is 38.5 Å². The Kier molecular flexibility index (Phi) is 19.3. The topological polar surface area (TPSA) is 211 Å². The molecule has 0 aromatic rings. The number of carboxylic acids is 2. The van der Waals surface area contributed by atoms with Gasteiger partial charge in [-0.2, -0.15) is 0 Å². The molecule has 0 fully saturated rings. The number of carbonyl (C=O) groups is 3. The minimum atomic E-state index is -1.02. The van der Waals surface area contributed by atoms with Crippen molar-refractivity contribution in [1.82, 2.24) is 10.2 Å². The van der Waals surface area contributed by atoms with E-state index in [0.717, 1.165) is 12.8 Å². The van der Waals surface area contributed by atoms with Crippen LogP contribution in [0, 0.1) is 0 Å². The van der Waals surface area contributed by atoms with Gasteiger partial charge in [0, 0.05) is 26.1 Å². The first-order valence-corrected chi connectivity index (χ1v) is 9.08. The molecule has 11 N–H and O–H groups in total. The summed E-state index contributed by atoms with van der Waals surface area (Å²) < 4.78 is 0. The minimum Gasteiger partial charge on any atom is -0.480 e. The van der Waals surface area contributed by atoms with Crippen molar-refractivity contribution >= 4 is 17.8 Å². The summed E-state index contributed by atoms with van der Waals surface area (Å²) in [7, 11) is 0. The van der Waals surface area contributed by atoms with E-state index in [1.54, 1.807) is 4.90 Å². The molecule has 160 valence electrons. The first-order chi connectivity index (χ1) is 12.8. The Hall–Kier alpha value is -1.79. The van der Waals surface area contributed by atoms with Crippen LogP contribution in [0.1, 0.15) is 32.1 Å². The van der Waals surface area contributed by atoms with Crippen LogP contribution in [-0.4, -0.2) is 84.8 Å². The average molecular weight is 393 g/mol. The van der Waals surface area contributed by atoms with Crippen LogP contribution in [0.3, 0.4) is 0 Å². The molecule has 0 saturated heterocycles. The fraction of sp³-hybridized carbons (Fsp3) is 0.812. The monoisotopic (exact) mass is 392 g/mol. The number of aliphatic carboxylic acids is 2. The third-order valence-corrected chi connectivity index (χ3v) is 3.43. The van der Waals surface area contributed by atoms with Gasteiger partial charge >= 0.3 is 11.9 Å². The van der Waals surface area contributed by atoms with Crippen molar-refractivity contribution in [3.8, 4) is 0 Å². The zero-order valence-electron chi connectivity index (χ0n) is 15.9. The molecule has 27 heavy (non-hydrogen) atoms. The van der Waals surface area contributed by atoms with Crippen LogP contribution in [0.5, 0.6) is 0 Å². The molecule has 0 aliphatic heterocycles. The van der Waals surface area contributed by atoms with Gasteiger partial charge in [0.15, 0.2) is 0 Å². The average Bonchev–Trinajstić information content (AvgIpc) is 2.59. The summed E-state index contributed by atoms with van der Waals surface area (Å²) in [5, 5.41) is 19.7. The number of unbranched alkanes of at least 4 members (excludes halogenated alkanes) is 1. The van der Waals surface area contributed by atoms with Gasteiger partial charge in [-0.05, 0) is 45.3 Å². The van der Waals surface area contributed by atoms with E-state index in [0.29, 0.717) is 45.6 Å². The molecule has 1 amide bonds. The Balaban J connectivity index is 0. The van der Waals surface area contributed by atoms with Crippen molar-refractivity contribution in [2.24, 2.45) is 22.9 Å². The molecule has 11 nitrogen and oxygen atoms in total. The molecule has 0 aliphatic rings. The molecular formula is C16H36N6O5. The number of rotatable bonds is 15. The van der Waals surface area contributed by atoms with Crippen molar-refractivity contribution in [2.75, 3.05) is 45.8 Å². The third kappa shape index (κ3) is 18.8. The van der Waals surface area contributed by atoms with E-state index in [2.05, 4.69) is 5.32 Å². The van der Waals surface area contributed by atoms with E-state index < -0.39 is 18.0 Å². The summed E-state index contributed by atoms with van der Waals surface area (Å²) in [6, 6.07) is -0.824. The molecule has 0 saturated carbocycles. The first kappa shape index (κ1) is 27.4. The highest BCUT2D eigenvalue weighted by atomic mass is 16.4. The molecule has 0 aliphatic carbocycles. The summed E-state index contributed by atoms with van der Waals surface area (Å²) in [6.07, 6.45) is 2.82. The van der Waals surface area contributed by atoms with Gasteiger partial charge in [-0.25, -0.2) is 4.79 Å². The maximum Gasteiger partial charge on any atom is 0.326 e. The lowest BCUT2D eigenvalue weighted by Gasteiger charge is -2.18. The number of nitrogens with zero attached hydrogens (tertiary/aromatic N) is 1. The Morgan fingerprint density at radius 1 is 0.852 bits per heavy atom. The summed E-state index contributed by atoms with van der Waals surface area (Å²) in [5.74, 6) is -2.16. The van der Waals surface area contributed by atoms with E-state index in [1.807, 2.05) is 0 Å². The summed E-state index contributed by atoms with van der Waals surface area (Å²) in [5.41, 5.74) is 21.1. The molecule has 0 heterocycles. The molecule has 0 aromatic heterocycles. The number of nitrogens with one attached hydrogen (secondary N) is 1. The minimum absolute atomic E-state index is 0.0528. The number of hydrogen-bond acceptors (Lipinski definition) is 8. The standard InChI is InChI=1S/C9H19N3O3.C7H17N3O2/c10-5-2-1-3-7(9(14)15)12-8(13)4-6-11;8-2-1-4-10(5-3-9)6-7(11)12/h7H,1-6,10-11H2,(H,12,13)(H,14,15);1-6,8-9H2,(H,11,12)/t7-;/m0./s1. The zero-order chi connectivity index (χ0) is 21.1. The van der Waals surface area contributed by atoms with Crippen molar-refractivity contribution in [2.45, 2.75) is 38.1 Å². The third-order valence-electron chi connectivity index (χ3n) is 3.43. The lowest BCUT2D eigenvalue weighted by atomic mass is 10.1. The van der Waals surface area contributed by atoms with E-state index in [-0.39, 0.29) is 25.4 Å². The highest BCUT2D eigenvalue weighted by Crippen LogP contribution is 2.01. The van der Waals surface area contributed by atoms with Crippen LogP contribution in [0.2, 0.25) is 0 Å². The fourth-order valence-corrected chi connectivity index (χ4v) is 2.11. The van der Waals surface area contributed by atoms with Crippen LogP contribution in [0.15, 0.2) is 0 Å². The largest absolute Gasteiger partial charge is 0.480 e. The molecule has 0 rings (SSSR count). The molecule has 1 atom stereocenters. The number of carbonyl (C=O) groups excluding carboxylic acids is 1. The van der Waals surface area contributed by atoms with Gasteiger partial charge in [0.05, 0.1) is 6.54 Å². The van der Waals surface area contributed by atoms with Crippen molar-refractivity contribution in [3.05, 3.63) is 0 Å². The Labute approximate surface area is 160 Å². The Morgan fingerprint density at radius 2 is 1.48 bits per heavy atom. The number of carboxylic acid groups (broad SMARTS) is 2. The predicted molar refractivity (Wildman–Crippen MR) is 103 cm³/mol. The number of amides is 1.